The molecule has 0 aliphatic carbocycles. The topological polar surface area (TPSA) is 12.0 Å². The van der Waals surface area contributed by atoms with Crippen molar-refractivity contribution in [3.8, 4) is 0 Å². The van der Waals surface area contributed by atoms with Gasteiger partial charge in [0.2, 0.25) is 0 Å². The van der Waals surface area contributed by atoms with Crippen LogP contribution < -0.4 is 5.32 Å². The fourth-order valence-electron chi connectivity index (χ4n) is 2.10. The first-order valence-electron chi connectivity index (χ1n) is 4.55. The Morgan fingerprint density at radius 2 is 2.31 bits per heavy atom. The molecular weight excluding hydrogens is 246 g/mol. The van der Waals surface area contributed by atoms with E-state index in [1.165, 1.54) is 14.2 Å². The Morgan fingerprint density at radius 3 is 3.00 bits per heavy atom. The summed E-state index contributed by atoms with van der Waals surface area (Å²) in [7, 11) is 0. The van der Waals surface area contributed by atoms with Crippen molar-refractivity contribution in [3.05, 3.63) is 20.3 Å². The molecule has 13 heavy (non-hydrogen) atoms. The van der Waals surface area contributed by atoms with E-state index in [0.717, 1.165) is 6.42 Å². The molecular formula is C10H14BrNS. The monoisotopic (exact) mass is 259 g/mol. The largest absolute Gasteiger partial charge is 0.305 e. The summed E-state index contributed by atoms with van der Waals surface area (Å²) in [6.07, 6.45) is 1.16. The van der Waals surface area contributed by atoms with Crippen LogP contribution in [0.1, 0.15) is 31.2 Å². The Labute approximate surface area is 91.7 Å². The predicted molar refractivity (Wildman–Crippen MR) is 61.3 cm³/mol. The summed E-state index contributed by atoms with van der Waals surface area (Å²) < 4.78 is 1.25. The van der Waals surface area contributed by atoms with Crippen molar-refractivity contribution in [2.45, 2.75) is 38.8 Å². The average molecular weight is 260 g/mol. The van der Waals surface area contributed by atoms with Crippen LogP contribution in [0, 0.1) is 0 Å². The molecule has 0 amide bonds. The van der Waals surface area contributed by atoms with E-state index in [-0.39, 0.29) is 5.54 Å². The second-order valence-corrected chi connectivity index (χ2v) is 6.78. The van der Waals surface area contributed by atoms with Gasteiger partial charge in [-0.2, -0.15) is 0 Å². The van der Waals surface area contributed by atoms with Gasteiger partial charge in [0.05, 0.1) is 3.79 Å². The van der Waals surface area contributed by atoms with Crippen molar-refractivity contribution in [2.75, 3.05) is 0 Å². The molecule has 0 aromatic carbocycles. The lowest BCUT2D eigenvalue weighted by Crippen LogP contribution is -2.47. The SMILES string of the molecule is CC1Cc2sc(Br)cc2C(C)(C)N1. The fourth-order valence-corrected chi connectivity index (χ4v) is 4.08. The minimum Gasteiger partial charge on any atom is -0.305 e. The van der Waals surface area contributed by atoms with Crippen LogP contribution in [-0.2, 0) is 12.0 Å². The quantitative estimate of drug-likeness (QED) is 0.754. The van der Waals surface area contributed by atoms with E-state index in [9.17, 15) is 0 Å². The molecule has 0 spiro atoms. The average Bonchev–Trinajstić information content (AvgIpc) is 2.28. The van der Waals surface area contributed by atoms with Gasteiger partial charge in [-0.3, -0.25) is 0 Å². The minimum atomic E-state index is 0.134. The summed E-state index contributed by atoms with van der Waals surface area (Å²) >= 11 is 5.43. The number of thiophene rings is 1. The fraction of sp³-hybridized carbons (Fsp3) is 0.600. The molecule has 2 heterocycles. The van der Waals surface area contributed by atoms with Crippen LogP contribution in [-0.4, -0.2) is 6.04 Å². The standard InChI is InChI=1S/C10H14BrNS/c1-6-4-8-7(5-9(11)13-8)10(2,3)12-6/h5-6,12H,4H2,1-3H3. The van der Waals surface area contributed by atoms with E-state index in [1.807, 2.05) is 11.3 Å². The zero-order chi connectivity index (χ0) is 9.64. The van der Waals surface area contributed by atoms with E-state index in [4.69, 9.17) is 0 Å². The smallest absolute Gasteiger partial charge is 0.0704 e. The molecule has 1 aromatic rings. The lowest BCUT2D eigenvalue weighted by molar-refractivity contribution is 0.329. The first-order valence-corrected chi connectivity index (χ1v) is 6.16. The highest BCUT2D eigenvalue weighted by atomic mass is 79.9. The molecule has 0 bridgehead atoms. The van der Waals surface area contributed by atoms with Crippen LogP contribution in [0.3, 0.4) is 0 Å². The van der Waals surface area contributed by atoms with Gasteiger partial charge in [-0.05, 0) is 54.8 Å². The summed E-state index contributed by atoms with van der Waals surface area (Å²) in [5.41, 5.74) is 1.60. The van der Waals surface area contributed by atoms with Gasteiger partial charge in [0.15, 0.2) is 0 Å². The van der Waals surface area contributed by atoms with Crippen molar-refractivity contribution < 1.29 is 0 Å². The van der Waals surface area contributed by atoms with Crippen LogP contribution in [0.4, 0.5) is 0 Å². The molecule has 3 heteroatoms. The summed E-state index contributed by atoms with van der Waals surface area (Å²) in [5.74, 6) is 0. The Hall–Kier alpha value is 0.140. The number of fused-ring (bicyclic) bond motifs is 1. The van der Waals surface area contributed by atoms with Crippen LogP contribution in [0.5, 0.6) is 0 Å². The number of hydrogen-bond acceptors (Lipinski definition) is 2. The molecule has 0 fully saturated rings. The second-order valence-electron chi connectivity index (χ2n) is 4.26. The van der Waals surface area contributed by atoms with E-state index in [2.05, 4.69) is 48.1 Å². The van der Waals surface area contributed by atoms with Gasteiger partial charge in [0.25, 0.3) is 0 Å². The second kappa shape index (κ2) is 3.07. The lowest BCUT2D eigenvalue weighted by atomic mass is 9.88. The predicted octanol–water partition coefficient (Wildman–Crippen LogP) is 3.28. The van der Waals surface area contributed by atoms with Crippen molar-refractivity contribution in [3.63, 3.8) is 0 Å². The third-order valence-electron chi connectivity index (χ3n) is 2.55. The number of nitrogens with one attached hydrogen (secondary N) is 1. The maximum absolute atomic E-state index is 3.61. The highest BCUT2D eigenvalue weighted by Crippen LogP contribution is 2.38. The first-order chi connectivity index (χ1) is 5.99. The van der Waals surface area contributed by atoms with Crippen LogP contribution >= 0.6 is 27.3 Å². The highest BCUT2D eigenvalue weighted by Gasteiger charge is 2.31. The summed E-state index contributed by atoms with van der Waals surface area (Å²) in [4.78, 5) is 1.53. The molecule has 2 rings (SSSR count). The molecule has 72 valence electrons. The molecule has 0 saturated carbocycles. The van der Waals surface area contributed by atoms with Gasteiger partial charge >= 0.3 is 0 Å². The van der Waals surface area contributed by atoms with E-state index in [1.54, 1.807) is 0 Å². The van der Waals surface area contributed by atoms with Crippen molar-refractivity contribution in [1.29, 1.82) is 0 Å². The Kier molecular flexibility index (Phi) is 2.29. The number of hydrogen-bond donors (Lipinski definition) is 1. The van der Waals surface area contributed by atoms with Crippen molar-refractivity contribution in [1.82, 2.24) is 5.32 Å². The van der Waals surface area contributed by atoms with Crippen molar-refractivity contribution >= 4 is 27.3 Å². The van der Waals surface area contributed by atoms with Crippen LogP contribution in [0.2, 0.25) is 0 Å². The first kappa shape index (κ1) is 9.69. The normalized spacial score (nSPS) is 25.7. The van der Waals surface area contributed by atoms with Crippen LogP contribution in [0.25, 0.3) is 0 Å². The van der Waals surface area contributed by atoms with E-state index < -0.39 is 0 Å². The van der Waals surface area contributed by atoms with Gasteiger partial charge in [-0.15, -0.1) is 11.3 Å². The zero-order valence-corrected chi connectivity index (χ0v) is 10.6. The number of halogens is 1. The molecule has 1 aliphatic heterocycles. The lowest BCUT2D eigenvalue weighted by Gasteiger charge is -2.35. The highest BCUT2D eigenvalue weighted by molar-refractivity contribution is 9.11. The third-order valence-corrected chi connectivity index (χ3v) is 4.21. The van der Waals surface area contributed by atoms with E-state index in [0.29, 0.717) is 6.04 Å². The Morgan fingerprint density at radius 1 is 1.62 bits per heavy atom. The maximum Gasteiger partial charge on any atom is 0.0704 e. The Balaban J connectivity index is 2.49. The van der Waals surface area contributed by atoms with Crippen LogP contribution in [0.15, 0.2) is 9.85 Å². The summed E-state index contributed by atoms with van der Waals surface area (Å²) in [5, 5.41) is 3.61. The van der Waals surface area contributed by atoms with Gasteiger partial charge in [-0.25, -0.2) is 0 Å². The minimum absolute atomic E-state index is 0.134. The van der Waals surface area contributed by atoms with Gasteiger partial charge in [0.1, 0.15) is 0 Å². The molecule has 1 nitrogen and oxygen atoms in total. The molecule has 1 N–H and O–H groups in total. The summed E-state index contributed by atoms with van der Waals surface area (Å²) in [6, 6.07) is 2.84. The third kappa shape index (κ3) is 1.69. The Bertz CT molecular complexity index is 330. The number of rotatable bonds is 0. The molecule has 0 radical (unpaired) electrons. The van der Waals surface area contributed by atoms with Gasteiger partial charge < -0.3 is 5.32 Å². The van der Waals surface area contributed by atoms with Gasteiger partial charge in [-0.1, -0.05) is 0 Å². The molecule has 1 aromatic heterocycles. The molecule has 1 aliphatic rings. The molecule has 1 unspecified atom stereocenters. The van der Waals surface area contributed by atoms with Crippen molar-refractivity contribution in [2.24, 2.45) is 0 Å². The maximum atomic E-state index is 3.61. The zero-order valence-electron chi connectivity index (χ0n) is 8.15. The van der Waals surface area contributed by atoms with Gasteiger partial charge in [0, 0.05) is 16.5 Å². The summed E-state index contributed by atoms with van der Waals surface area (Å²) in [6.45, 7) is 6.75. The molecule has 1 atom stereocenters. The van der Waals surface area contributed by atoms with E-state index >= 15 is 0 Å². The molecule has 0 saturated heterocycles.